The highest BCUT2D eigenvalue weighted by molar-refractivity contribution is 6.19. The van der Waals surface area contributed by atoms with Crippen molar-refractivity contribution in [1.29, 1.82) is 0 Å². The van der Waals surface area contributed by atoms with Crippen molar-refractivity contribution in [2.45, 2.75) is 39.0 Å². The van der Waals surface area contributed by atoms with Gasteiger partial charge in [-0.25, -0.2) is 4.98 Å². The first-order valence-corrected chi connectivity index (χ1v) is 14.2. The minimum absolute atomic E-state index is 0.263. The molecule has 0 unspecified atom stereocenters. The van der Waals surface area contributed by atoms with Crippen LogP contribution in [0.3, 0.4) is 0 Å². The molecule has 0 fully saturated rings. The number of benzene rings is 3. The Kier molecular flexibility index (Phi) is 8.19. The predicted molar refractivity (Wildman–Crippen MR) is 166 cm³/mol. The third-order valence-corrected chi connectivity index (χ3v) is 8.07. The zero-order valence-electron chi connectivity index (χ0n) is 25.0. The van der Waals surface area contributed by atoms with Crippen LogP contribution in [0.2, 0.25) is 0 Å². The van der Waals surface area contributed by atoms with Gasteiger partial charge in [-0.2, -0.15) is 0 Å². The van der Waals surface area contributed by atoms with E-state index in [4.69, 9.17) is 20.2 Å². The predicted octanol–water partition coefficient (Wildman–Crippen LogP) is 5.02. The van der Waals surface area contributed by atoms with Crippen LogP contribution < -0.4 is 20.5 Å². The van der Waals surface area contributed by atoms with Crippen molar-refractivity contribution >= 4 is 34.2 Å². The molecule has 2 heterocycles. The van der Waals surface area contributed by atoms with Gasteiger partial charge in [0.15, 0.2) is 11.5 Å². The summed E-state index contributed by atoms with van der Waals surface area (Å²) in [6, 6.07) is 12.8. The second-order valence-electron chi connectivity index (χ2n) is 11.2. The van der Waals surface area contributed by atoms with E-state index in [-0.39, 0.29) is 12.5 Å². The molecule has 5 rings (SSSR count). The molecular formula is C32H36N6O5. The van der Waals surface area contributed by atoms with Crippen LogP contribution in [0.4, 0.5) is 11.4 Å². The number of nitrogens with zero attached hydrogens (tertiary/aromatic N) is 3. The van der Waals surface area contributed by atoms with E-state index in [0.29, 0.717) is 69.4 Å². The van der Waals surface area contributed by atoms with E-state index in [2.05, 4.69) is 15.5 Å². The number of aromatic nitrogens is 2. The number of hydrogen-bond donors (Lipinski definition) is 3. The summed E-state index contributed by atoms with van der Waals surface area (Å²) in [5.41, 5.74) is 10.4. The number of anilines is 1. The normalized spacial score (nSPS) is 14.2. The van der Waals surface area contributed by atoms with E-state index in [1.165, 1.54) is 4.90 Å². The molecule has 0 atom stereocenters. The maximum atomic E-state index is 13.9. The van der Waals surface area contributed by atoms with Crippen LogP contribution in [-0.4, -0.2) is 60.5 Å². The molecule has 43 heavy (non-hydrogen) atoms. The number of nitroso groups, excluding NO2 is 1. The molecule has 1 aliphatic rings. The van der Waals surface area contributed by atoms with Crippen LogP contribution in [0.1, 0.15) is 47.3 Å². The molecule has 0 spiro atoms. The molecule has 0 saturated heterocycles. The zero-order valence-corrected chi connectivity index (χ0v) is 25.0. The van der Waals surface area contributed by atoms with Gasteiger partial charge in [-0.05, 0) is 92.8 Å². The molecule has 1 aromatic heterocycles. The molecule has 0 radical (unpaired) electrons. The van der Waals surface area contributed by atoms with Crippen molar-refractivity contribution < 1.29 is 19.1 Å². The highest BCUT2D eigenvalue weighted by atomic mass is 16.5. The number of ether oxygens (including phenoxy) is 2. The first-order chi connectivity index (χ1) is 20.6. The van der Waals surface area contributed by atoms with E-state index in [1.807, 2.05) is 24.3 Å². The maximum absolute atomic E-state index is 13.9. The van der Waals surface area contributed by atoms with Crippen LogP contribution in [0.25, 0.3) is 22.4 Å². The topological polar surface area (TPSA) is 152 Å². The molecular weight excluding hydrogens is 548 g/mol. The molecule has 0 aliphatic carbocycles. The number of imidazole rings is 1. The summed E-state index contributed by atoms with van der Waals surface area (Å²) in [7, 11) is 3.22. The van der Waals surface area contributed by atoms with E-state index in [9.17, 15) is 14.5 Å². The number of hydrogen-bond acceptors (Lipinski definition) is 9. The lowest BCUT2D eigenvalue weighted by Gasteiger charge is -2.37. The first kappa shape index (κ1) is 29.7. The average Bonchev–Trinajstić information content (AvgIpc) is 3.45. The summed E-state index contributed by atoms with van der Waals surface area (Å²) in [4.78, 5) is 48.0. The van der Waals surface area contributed by atoms with Gasteiger partial charge >= 0.3 is 0 Å². The summed E-state index contributed by atoms with van der Waals surface area (Å²) in [5.74, 6) is 1.15. The Balaban J connectivity index is 1.33. The quantitative estimate of drug-likeness (QED) is 0.0962. The fraction of sp³-hybridized carbons (Fsp3) is 0.344. The van der Waals surface area contributed by atoms with Gasteiger partial charge in [-0.15, -0.1) is 4.91 Å². The molecule has 2 amide bonds. The summed E-state index contributed by atoms with van der Waals surface area (Å²) in [6.07, 6.45) is 1.37. The first-order valence-electron chi connectivity index (χ1n) is 14.2. The van der Waals surface area contributed by atoms with Gasteiger partial charge in [0, 0.05) is 12.1 Å². The third-order valence-electron chi connectivity index (χ3n) is 8.07. The zero-order chi connectivity index (χ0) is 30.9. The van der Waals surface area contributed by atoms with Gasteiger partial charge in [0.25, 0.3) is 5.91 Å². The van der Waals surface area contributed by atoms with E-state index in [1.54, 1.807) is 53.2 Å². The Morgan fingerprint density at radius 2 is 1.81 bits per heavy atom. The van der Waals surface area contributed by atoms with E-state index >= 15 is 0 Å². The number of carbonyl (C=O) groups is 2. The van der Waals surface area contributed by atoms with Gasteiger partial charge in [-0.3, -0.25) is 14.5 Å². The molecule has 224 valence electrons. The van der Waals surface area contributed by atoms with Gasteiger partial charge in [0.2, 0.25) is 5.91 Å². The number of nitrogens with one attached hydrogen (secondary N) is 2. The number of H-pyrrole nitrogens is 1. The molecule has 3 aromatic carbocycles. The molecule has 11 nitrogen and oxygen atoms in total. The number of nitrogens with two attached hydrogens (primary N) is 1. The maximum Gasteiger partial charge on any atom is 0.263 e. The van der Waals surface area contributed by atoms with E-state index in [0.717, 1.165) is 24.1 Å². The SMILES string of the molecule is COc1ccc(CCNCCCN2C(=O)c3c(cc(N)c4[nH]c(-c5ccc(C)c(N=O)c5)nc34)C(C)(C)C2=O)cc1OC. The smallest absolute Gasteiger partial charge is 0.263 e. The molecule has 0 bridgehead atoms. The largest absolute Gasteiger partial charge is 0.493 e. The van der Waals surface area contributed by atoms with Crippen molar-refractivity contribution in [3.8, 4) is 22.9 Å². The van der Waals surface area contributed by atoms with Gasteiger partial charge in [0.1, 0.15) is 17.0 Å². The number of aromatic amines is 1. The number of fused-ring (bicyclic) bond motifs is 3. The van der Waals surface area contributed by atoms with Crippen LogP contribution in [0.15, 0.2) is 47.6 Å². The number of amides is 2. The fourth-order valence-electron chi connectivity index (χ4n) is 5.53. The summed E-state index contributed by atoms with van der Waals surface area (Å²) < 4.78 is 10.7. The van der Waals surface area contributed by atoms with Crippen molar-refractivity contribution in [3.63, 3.8) is 0 Å². The second-order valence-corrected chi connectivity index (χ2v) is 11.2. The monoisotopic (exact) mass is 584 g/mol. The highest BCUT2D eigenvalue weighted by Gasteiger charge is 2.46. The molecule has 11 heteroatoms. The third kappa shape index (κ3) is 5.43. The van der Waals surface area contributed by atoms with Crippen molar-refractivity contribution in [2.75, 3.05) is 39.6 Å². The number of carbonyl (C=O) groups excluding carboxylic acids is 2. The van der Waals surface area contributed by atoms with Crippen LogP contribution >= 0.6 is 0 Å². The Morgan fingerprint density at radius 3 is 2.53 bits per heavy atom. The highest BCUT2D eigenvalue weighted by Crippen LogP contribution is 2.41. The minimum atomic E-state index is -0.982. The number of imide groups is 1. The average molecular weight is 585 g/mol. The lowest BCUT2D eigenvalue weighted by molar-refractivity contribution is -0.134. The Morgan fingerprint density at radius 1 is 1.05 bits per heavy atom. The van der Waals surface area contributed by atoms with Crippen LogP contribution in [-0.2, 0) is 16.6 Å². The van der Waals surface area contributed by atoms with Crippen LogP contribution in [0.5, 0.6) is 11.5 Å². The van der Waals surface area contributed by atoms with Gasteiger partial charge < -0.3 is 25.5 Å². The van der Waals surface area contributed by atoms with Crippen molar-refractivity contribution in [1.82, 2.24) is 20.2 Å². The summed E-state index contributed by atoms with van der Waals surface area (Å²) in [6.45, 7) is 7.02. The Labute approximate surface area is 249 Å². The standard InChI is InChI=1S/C32H36N6O5/c1-18-7-9-20(16-23(18)37-41)29-35-27-22(33)17-21-26(28(27)36-29)30(39)38(31(40)32(21,2)3)14-6-12-34-13-11-19-8-10-24(42-4)25(15-19)43-5/h7-10,15-17,34H,6,11-14,33H2,1-5H3,(H,35,36). The molecule has 4 aromatic rings. The lowest BCUT2D eigenvalue weighted by Crippen LogP contribution is -2.52. The molecule has 4 N–H and O–H groups in total. The second kappa shape index (κ2) is 11.8. The minimum Gasteiger partial charge on any atom is -0.493 e. The van der Waals surface area contributed by atoms with Crippen LogP contribution in [0, 0.1) is 11.8 Å². The fourth-order valence-corrected chi connectivity index (χ4v) is 5.53. The molecule has 0 saturated carbocycles. The number of nitrogen functional groups attached to an aromatic ring is 1. The van der Waals surface area contributed by atoms with E-state index < -0.39 is 11.3 Å². The van der Waals surface area contributed by atoms with Crippen molar-refractivity contribution in [3.05, 3.63) is 69.6 Å². The molecule has 1 aliphatic heterocycles. The summed E-state index contributed by atoms with van der Waals surface area (Å²) >= 11 is 0. The number of methoxy groups -OCH3 is 2. The number of aryl methyl sites for hydroxylation is 1. The summed E-state index contributed by atoms with van der Waals surface area (Å²) in [5, 5.41) is 6.49. The van der Waals surface area contributed by atoms with Gasteiger partial charge in [0.05, 0.1) is 36.4 Å². The lowest BCUT2D eigenvalue weighted by atomic mass is 9.76. The van der Waals surface area contributed by atoms with Gasteiger partial charge in [-0.1, -0.05) is 18.2 Å². The number of rotatable bonds is 11. The Bertz CT molecular complexity index is 1730. The Hall–Kier alpha value is -4.77. The van der Waals surface area contributed by atoms with Crippen molar-refractivity contribution in [2.24, 2.45) is 5.18 Å².